The van der Waals surface area contributed by atoms with Crippen LogP contribution in [0.1, 0.15) is 31.2 Å². The lowest BCUT2D eigenvalue weighted by atomic mass is 9.81. The number of amides is 1. The Bertz CT molecular complexity index is 637. The number of hydrogen-bond donors (Lipinski definition) is 2. The van der Waals surface area contributed by atoms with E-state index < -0.39 is 24.7 Å². The smallest absolute Gasteiger partial charge is 0.422 e. The minimum absolute atomic E-state index is 0.0371. The van der Waals surface area contributed by atoms with E-state index in [1.54, 1.807) is 13.0 Å². The van der Waals surface area contributed by atoms with Gasteiger partial charge in [0.15, 0.2) is 6.61 Å². The van der Waals surface area contributed by atoms with Crippen LogP contribution in [0.5, 0.6) is 5.75 Å². The van der Waals surface area contributed by atoms with Crippen molar-refractivity contribution in [1.29, 1.82) is 0 Å². The van der Waals surface area contributed by atoms with Crippen molar-refractivity contribution in [2.75, 3.05) is 11.9 Å². The van der Waals surface area contributed by atoms with Gasteiger partial charge in [0, 0.05) is 5.92 Å². The van der Waals surface area contributed by atoms with E-state index in [1.807, 2.05) is 0 Å². The number of carboxylic acid groups (broad SMARTS) is 1. The van der Waals surface area contributed by atoms with Gasteiger partial charge in [0.1, 0.15) is 5.75 Å². The lowest BCUT2D eigenvalue weighted by Crippen LogP contribution is -2.29. The van der Waals surface area contributed by atoms with Gasteiger partial charge < -0.3 is 15.2 Å². The third-order valence-corrected chi connectivity index (χ3v) is 4.23. The van der Waals surface area contributed by atoms with Gasteiger partial charge in [-0.15, -0.1) is 0 Å². The summed E-state index contributed by atoms with van der Waals surface area (Å²) in [6, 6.07) is 4.60. The van der Waals surface area contributed by atoms with Crippen molar-refractivity contribution in [2.45, 2.75) is 38.8 Å². The Hall–Kier alpha value is -2.25. The van der Waals surface area contributed by atoms with Crippen molar-refractivity contribution in [1.82, 2.24) is 0 Å². The first kappa shape index (κ1) is 19.1. The minimum Gasteiger partial charge on any atom is -0.482 e. The van der Waals surface area contributed by atoms with Gasteiger partial charge >= 0.3 is 12.1 Å². The zero-order chi connectivity index (χ0) is 18.6. The molecule has 1 aliphatic carbocycles. The van der Waals surface area contributed by atoms with Gasteiger partial charge in [-0.3, -0.25) is 9.59 Å². The summed E-state index contributed by atoms with van der Waals surface area (Å²) in [6.07, 6.45) is -2.77. The number of aryl methyl sites for hydroxylation is 1. The van der Waals surface area contributed by atoms with Crippen LogP contribution in [-0.4, -0.2) is 29.8 Å². The molecule has 0 heterocycles. The average Bonchev–Trinajstić information content (AvgIpc) is 2.54. The predicted octanol–water partition coefficient (Wildman–Crippen LogP) is 3.77. The van der Waals surface area contributed by atoms with Crippen molar-refractivity contribution < 1.29 is 32.6 Å². The van der Waals surface area contributed by atoms with Gasteiger partial charge in [-0.2, -0.15) is 13.2 Å². The van der Waals surface area contributed by atoms with Crippen LogP contribution in [0.4, 0.5) is 18.9 Å². The molecule has 25 heavy (non-hydrogen) atoms. The number of carboxylic acids is 1. The lowest BCUT2D eigenvalue weighted by Gasteiger charge is -2.25. The van der Waals surface area contributed by atoms with E-state index in [0.29, 0.717) is 31.2 Å². The van der Waals surface area contributed by atoms with E-state index in [2.05, 4.69) is 5.32 Å². The Morgan fingerprint density at radius 1 is 1.20 bits per heavy atom. The van der Waals surface area contributed by atoms with Crippen LogP contribution in [-0.2, 0) is 9.59 Å². The summed E-state index contributed by atoms with van der Waals surface area (Å²) in [7, 11) is 0. The molecule has 5 nitrogen and oxygen atoms in total. The molecule has 1 fully saturated rings. The number of rotatable bonds is 5. The molecule has 2 N–H and O–H groups in total. The number of carbonyl (C=O) groups is 2. The van der Waals surface area contributed by atoms with Crippen LogP contribution in [0, 0.1) is 18.8 Å². The number of hydrogen-bond acceptors (Lipinski definition) is 3. The second kappa shape index (κ2) is 7.76. The van der Waals surface area contributed by atoms with Crippen molar-refractivity contribution in [3.8, 4) is 5.75 Å². The predicted molar refractivity (Wildman–Crippen MR) is 84.4 cm³/mol. The van der Waals surface area contributed by atoms with E-state index in [-0.39, 0.29) is 23.3 Å². The monoisotopic (exact) mass is 359 g/mol. The van der Waals surface area contributed by atoms with Crippen LogP contribution < -0.4 is 10.1 Å². The fourth-order valence-corrected chi connectivity index (χ4v) is 2.85. The molecule has 0 aliphatic heterocycles. The molecule has 1 aromatic carbocycles. The van der Waals surface area contributed by atoms with Crippen molar-refractivity contribution >= 4 is 17.6 Å². The van der Waals surface area contributed by atoms with Crippen molar-refractivity contribution in [3.63, 3.8) is 0 Å². The minimum atomic E-state index is -4.47. The van der Waals surface area contributed by atoms with E-state index in [0.717, 1.165) is 0 Å². The maximum atomic E-state index is 12.4. The van der Waals surface area contributed by atoms with Crippen LogP contribution in [0.3, 0.4) is 0 Å². The first-order valence-corrected chi connectivity index (χ1v) is 7.99. The SMILES string of the molecule is Cc1ccc(NC(=O)C2CCC(C(=O)O)CC2)c(OCC(F)(F)F)c1. The van der Waals surface area contributed by atoms with Crippen LogP contribution in [0.2, 0.25) is 0 Å². The van der Waals surface area contributed by atoms with Crippen LogP contribution in [0.15, 0.2) is 18.2 Å². The van der Waals surface area contributed by atoms with E-state index >= 15 is 0 Å². The summed E-state index contributed by atoms with van der Waals surface area (Å²) in [5.41, 5.74) is 0.886. The molecule has 8 heteroatoms. The zero-order valence-electron chi connectivity index (χ0n) is 13.7. The highest BCUT2D eigenvalue weighted by Crippen LogP contribution is 2.32. The van der Waals surface area contributed by atoms with E-state index in [9.17, 15) is 22.8 Å². The van der Waals surface area contributed by atoms with Gasteiger partial charge in [0.2, 0.25) is 5.91 Å². The zero-order valence-corrected chi connectivity index (χ0v) is 13.7. The average molecular weight is 359 g/mol. The Labute approximate surface area is 143 Å². The number of benzene rings is 1. The molecule has 1 aliphatic rings. The fraction of sp³-hybridized carbons (Fsp3) is 0.529. The number of alkyl halides is 3. The summed E-state index contributed by atoms with van der Waals surface area (Å²) < 4.78 is 41.9. The highest BCUT2D eigenvalue weighted by molar-refractivity contribution is 5.94. The molecule has 2 rings (SSSR count). The Balaban J connectivity index is 2.02. The van der Waals surface area contributed by atoms with Gasteiger partial charge in [-0.25, -0.2) is 0 Å². The summed E-state index contributed by atoms with van der Waals surface area (Å²) >= 11 is 0. The molecule has 1 amide bonds. The van der Waals surface area contributed by atoms with E-state index in [4.69, 9.17) is 9.84 Å². The first-order valence-electron chi connectivity index (χ1n) is 7.99. The van der Waals surface area contributed by atoms with Crippen molar-refractivity contribution in [2.24, 2.45) is 11.8 Å². The summed E-state index contributed by atoms with van der Waals surface area (Å²) in [6.45, 7) is 0.266. The van der Waals surface area contributed by atoms with Crippen molar-refractivity contribution in [3.05, 3.63) is 23.8 Å². The largest absolute Gasteiger partial charge is 0.482 e. The number of ether oxygens (including phenoxy) is 1. The lowest BCUT2D eigenvalue weighted by molar-refractivity contribution is -0.153. The molecule has 0 atom stereocenters. The molecule has 1 saturated carbocycles. The molecule has 0 unspecified atom stereocenters. The number of carbonyl (C=O) groups excluding carboxylic acids is 1. The Kier molecular flexibility index (Phi) is 5.92. The topological polar surface area (TPSA) is 75.6 Å². The molecule has 0 aromatic heterocycles. The third kappa shape index (κ3) is 5.65. The second-order valence-corrected chi connectivity index (χ2v) is 6.28. The first-order chi connectivity index (χ1) is 11.7. The maximum absolute atomic E-state index is 12.4. The third-order valence-electron chi connectivity index (χ3n) is 4.23. The van der Waals surface area contributed by atoms with Crippen LogP contribution in [0.25, 0.3) is 0 Å². The quantitative estimate of drug-likeness (QED) is 0.839. The number of nitrogens with one attached hydrogen (secondary N) is 1. The molecular formula is C17H20F3NO4. The highest BCUT2D eigenvalue weighted by Gasteiger charge is 2.31. The summed E-state index contributed by atoms with van der Waals surface area (Å²) in [5, 5.41) is 11.6. The molecule has 0 spiro atoms. The maximum Gasteiger partial charge on any atom is 0.422 e. The number of aliphatic carboxylic acids is 1. The molecule has 0 bridgehead atoms. The second-order valence-electron chi connectivity index (χ2n) is 6.28. The highest BCUT2D eigenvalue weighted by atomic mass is 19.4. The van der Waals surface area contributed by atoms with Crippen LogP contribution >= 0.6 is 0 Å². The van der Waals surface area contributed by atoms with E-state index in [1.165, 1.54) is 12.1 Å². The van der Waals surface area contributed by atoms with Gasteiger partial charge in [-0.1, -0.05) is 6.07 Å². The number of halogens is 3. The molecule has 0 radical (unpaired) electrons. The molecule has 1 aromatic rings. The molecular weight excluding hydrogens is 339 g/mol. The normalized spacial score (nSPS) is 20.8. The molecule has 0 saturated heterocycles. The van der Waals surface area contributed by atoms with Gasteiger partial charge in [0.05, 0.1) is 11.6 Å². The van der Waals surface area contributed by atoms with Gasteiger partial charge in [-0.05, 0) is 50.3 Å². The number of anilines is 1. The Morgan fingerprint density at radius 2 is 1.80 bits per heavy atom. The fourth-order valence-electron chi connectivity index (χ4n) is 2.85. The summed E-state index contributed by atoms with van der Waals surface area (Å²) in [4.78, 5) is 23.3. The van der Waals surface area contributed by atoms with Gasteiger partial charge in [0.25, 0.3) is 0 Å². The summed E-state index contributed by atoms with van der Waals surface area (Å²) in [5.74, 6) is -2.02. The standard InChI is InChI=1S/C17H20F3NO4/c1-10-2-7-13(14(8-10)25-9-17(18,19)20)21-15(22)11-3-5-12(6-4-11)16(23)24/h2,7-8,11-12H,3-6,9H2,1H3,(H,21,22)(H,23,24). The Morgan fingerprint density at radius 3 is 2.36 bits per heavy atom. The molecule has 138 valence electrons.